The highest BCUT2D eigenvalue weighted by Crippen LogP contribution is 2.41. The summed E-state index contributed by atoms with van der Waals surface area (Å²) >= 11 is 0. The van der Waals surface area contributed by atoms with Gasteiger partial charge in [0.05, 0.1) is 19.1 Å². The Morgan fingerprint density at radius 2 is 2.00 bits per heavy atom. The molecule has 0 spiro atoms. The van der Waals surface area contributed by atoms with E-state index in [-0.39, 0.29) is 0 Å². The van der Waals surface area contributed by atoms with E-state index in [1.807, 2.05) is 0 Å². The van der Waals surface area contributed by atoms with Crippen molar-refractivity contribution in [3.8, 4) is 0 Å². The molecule has 0 saturated carbocycles. The Balaban J connectivity index is 2.08. The molecule has 3 rings (SSSR count). The second kappa shape index (κ2) is 2.84. The lowest BCUT2D eigenvalue weighted by molar-refractivity contribution is 0.335. The average molecular weight is 187 g/mol. The van der Waals surface area contributed by atoms with Gasteiger partial charge in [-0.05, 0) is 0 Å². The lowest BCUT2D eigenvalue weighted by atomic mass is 9.76. The molecule has 2 aliphatic carbocycles. The molecule has 0 radical (unpaired) electrons. The molecule has 0 aromatic rings. The number of allylic oxidation sites excluding steroid dienone is 4. The minimum Gasteiger partial charge on any atom is -0.484 e. The molecule has 3 aliphatic rings. The predicted molar refractivity (Wildman–Crippen MR) is 56.1 cm³/mol. The maximum absolute atomic E-state index is 5.36. The van der Waals surface area contributed by atoms with E-state index in [1.165, 1.54) is 0 Å². The lowest BCUT2D eigenvalue weighted by Crippen LogP contribution is -2.30. The molecule has 14 heavy (non-hydrogen) atoms. The number of hydrogen-bond acceptors (Lipinski definition) is 2. The highest BCUT2D eigenvalue weighted by Gasteiger charge is 2.43. The third-order valence-corrected chi connectivity index (χ3v) is 3.30. The Morgan fingerprint density at radius 1 is 1.14 bits per heavy atom. The summed E-state index contributed by atoms with van der Waals surface area (Å²) in [6.07, 6.45) is 13.2. The van der Waals surface area contributed by atoms with Gasteiger partial charge in [0, 0.05) is 11.8 Å². The summed E-state index contributed by atoms with van der Waals surface area (Å²) in [5, 5.41) is 0. The first-order valence-electron chi connectivity index (χ1n) is 5.05. The van der Waals surface area contributed by atoms with E-state index in [0.29, 0.717) is 23.8 Å². The summed E-state index contributed by atoms with van der Waals surface area (Å²) in [4.78, 5) is 4.58. The van der Waals surface area contributed by atoms with Crippen LogP contribution < -0.4 is 0 Å². The highest BCUT2D eigenvalue weighted by molar-refractivity contribution is 5.83. The number of nitrogens with zero attached hydrogens (tertiary/aromatic N) is 1. The maximum Gasteiger partial charge on any atom is 0.188 e. The first-order chi connectivity index (χ1) is 6.90. The van der Waals surface area contributed by atoms with Crippen LogP contribution >= 0.6 is 0 Å². The summed E-state index contributed by atoms with van der Waals surface area (Å²) in [5.41, 5.74) is 0. The number of hydrogen-bond donors (Lipinski definition) is 0. The smallest absolute Gasteiger partial charge is 0.188 e. The monoisotopic (exact) mass is 187 g/mol. The van der Waals surface area contributed by atoms with Crippen LogP contribution in [0.3, 0.4) is 0 Å². The Morgan fingerprint density at radius 3 is 2.86 bits per heavy atom. The second-order valence-electron chi connectivity index (χ2n) is 4.00. The maximum atomic E-state index is 5.36. The van der Waals surface area contributed by atoms with E-state index in [1.54, 1.807) is 7.11 Å². The molecule has 0 unspecified atom stereocenters. The van der Waals surface area contributed by atoms with Gasteiger partial charge in [0.1, 0.15) is 0 Å². The predicted octanol–water partition coefficient (Wildman–Crippen LogP) is 1.96. The molecule has 1 heterocycles. The molecule has 0 saturated heterocycles. The van der Waals surface area contributed by atoms with Gasteiger partial charge in [0.15, 0.2) is 5.90 Å². The fourth-order valence-corrected chi connectivity index (χ4v) is 2.64. The van der Waals surface area contributed by atoms with E-state index in [0.717, 1.165) is 5.90 Å². The molecule has 4 atom stereocenters. The molecule has 2 heteroatoms. The van der Waals surface area contributed by atoms with Crippen LogP contribution in [0.15, 0.2) is 41.4 Å². The van der Waals surface area contributed by atoms with Crippen molar-refractivity contribution >= 4 is 5.90 Å². The lowest BCUT2D eigenvalue weighted by Gasteiger charge is -2.27. The SMILES string of the molecule is COC1=N[C@H]2C=C[C@H]3C=CC=C[C@H]2[C@H]13. The summed E-state index contributed by atoms with van der Waals surface area (Å²) in [7, 11) is 1.72. The zero-order valence-electron chi connectivity index (χ0n) is 8.13. The average Bonchev–Trinajstić information content (AvgIpc) is 2.35. The van der Waals surface area contributed by atoms with Gasteiger partial charge in [-0.2, -0.15) is 0 Å². The van der Waals surface area contributed by atoms with Crippen molar-refractivity contribution in [1.29, 1.82) is 0 Å². The van der Waals surface area contributed by atoms with Crippen LogP contribution in [0.5, 0.6) is 0 Å². The Labute approximate surface area is 83.7 Å². The normalized spacial score (nSPS) is 42.2. The van der Waals surface area contributed by atoms with E-state index in [4.69, 9.17) is 4.74 Å². The fourth-order valence-electron chi connectivity index (χ4n) is 2.64. The topological polar surface area (TPSA) is 21.6 Å². The largest absolute Gasteiger partial charge is 0.484 e. The van der Waals surface area contributed by atoms with Crippen LogP contribution in [-0.4, -0.2) is 19.0 Å². The molecule has 0 aromatic heterocycles. The first kappa shape index (κ1) is 8.04. The molecule has 1 aliphatic heterocycles. The quantitative estimate of drug-likeness (QED) is 0.531. The van der Waals surface area contributed by atoms with Crippen molar-refractivity contribution in [2.45, 2.75) is 6.04 Å². The molecular formula is C12H13NO. The van der Waals surface area contributed by atoms with Gasteiger partial charge in [-0.1, -0.05) is 36.5 Å². The van der Waals surface area contributed by atoms with Crippen LogP contribution in [0.2, 0.25) is 0 Å². The Hall–Kier alpha value is -1.31. The molecule has 2 nitrogen and oxygen atoms in total. The summed E-state index contributed by atoms with van der Waals surface area (Å²) in [6, 6.07) is 0.308. The van der Waals surface area contributed by atoms with Crippen molar-refractivity contribution in [3.63, 3.8) is 0 Å². The van der Waals surface area contributed by atoms with E-state index in [2.05, 4.69) is 41.4 Å². The molecular weight excluding hydrogens is 174 g/mol. The molecule has 4 bridgehead atoms. The minimum atomic E-state index is 0.308. The van der Waals surface area contributed by atoms with Gasteiger partial charge in [-0.15, -0.1) is 0 Å². The fraction of sp³-hybridized carbons (Fsp3) is 0.417. The zero-order valence-corrected chi connectivity index (χ0v) is 8.13. The van der Waals surface area contributed by atoms with Crippen LogP contribution in [0.25, 0.3) is 0 Å². The number of aliphatic imine (C=N–C) groups is 1. The van der Waals surface area contributed by atoms with Gasteiger partial charge < -0.3 is 4.74 Å². The molecule has 72 valence electrons. The summed E-state index contributed by atoms with van der Waals surface area (Å²) < 4.78 is 5.36. The van der Waals surface area contributed by atoms with Crippen LogP contribution in [0.4, 0.5) is 0 Å². The van der Waals surface area contributed by atoms with Crippen molar-refractivity contribution in [2.24, 2.45) is 22.7 Å². The number of ether oxygens (including phenoxy) is 1. The highest BCUT2D eigenvalue weighted by atomic mass is 16.5. The van der Waals surface area contributed by atoms with E-state index in [9.17, 15) is 0 Å². The Bertz CT molecular complexity index is 365. The Kier molecular flexibility index (Phi) is 1.63. The van der Waals surface area contributed by atoms with Crippen LogP contribution in [-0.2, 0) is 4.74 Å². The van der Waals surface area contributed by atoms with Gasteiger partial charge in [-0.25, -0.2) is 4.99 Å². The zero-order chi connectivity index (χ0) is 9.54. The van der Waals surface area contributed by atoms with Gasteiger partial charge in [-0.3, -0.25) is 0 Å². The van der Waals surface area contributed by atoms with Gasteiger partial charge in [0.2, 0.25) is 0 Å². The third kappa shape index (κ3) is 0.939. The number of rotatable bonds is 0. The third-order valence-electron chi connectivity index (χ3n) is 3.30. The van der Waals surface area contributed by atoms with Crippen molar-refractivity contribution in [3.05, 3.63) is 36.5 Å². The molecule has 0 fully saturated rings. The second-order valence-corrected chi connectivity index (χ2v) is 4.00. The first-order valence-corrected chi connectivity index (χ1v) is 5.05. The summed E-state index contributed by atoms with van der Waals surface area (Å²) in [6.45, 7) is 0. The van der Waals surface area contributed by atoms with E-state index >= 15 is 0 Å². The van der Waals surface area contributed by atoms with Crippen molar-refractivity contribution in [2.75, 3.05) is 7.11 Å². The molecule has 0 N–H and O–H groups in total. The minimum absolute atomic E-state index is 0.308. The van der Waals surface area contributed by atoms with Crippen LogP contribution in [0, 0.1) is 17.8 Å². The van der Waals surface area contributed by atoms with Crippen LogP contribution in [0.1, 0.15) is 0 Å². The standard InChI is InChI=1S/C12H13NO/c1-14-12-11-8-4-2-3-5-9(11)10(13-12)7-6-8/h2-11H,1H3/t8-,9-,10+,11-/m1/s1. The molecule has 0 aromatic carbocycles. The van der Waals surface area contributed by atoms with Gasteiger partial charge in [0.25, 0.3) is 0 Å². The summed E-state index contributed by atoms with van der Waals surface area (Å²) in [5.74, 6) is 2.33. The van der Waals surface area contributed by atoms with Crippen molar-refractivity contribution < 1.29 is 4.74 Å². The number of methoxy groups -OCH3 is 1. The van der Waals surface area contributed by atoms with Gasteiger partial charge >= 0.3 is 0 Å². The molecule has 0 amide bonds. The van der Waals surface area contributed by atoms with E-state index < -0.39 is 0 Å². The van der Waals surface area contributed by atoms with Crippen molar-refractivity contribution in [1.82, 2.24) is 0 Å².